The summed E-state index contributed by atoms with van der Waals surface area (Å²) < 4.78 is 12.5. The van der Waals surface area contributed by atoms with Crippen molar-refractivity contribution in [2.24, 2.45) is 0 Å². The maximum Gasteiger partial charge on any atom is 0.326 e. The van der Waals surface area contributed by atoms with E-state index in [4.69, 9.17) is 21.1 Å². The zero-order valence-electron chi connectivity index (χ0n) is 30.1. The molecule has 272 valence electrons. The van der Waals surface area contributed by atoms with Gasteiger partial charge in [-0.1, -0.05) is 72.3 Å². The molecule has 1 aromatic heterocycles. The molecule has 0 aliphatic carbocycles. The fraction of sp³-hybridized carbons (Fsp3) is 0.279. The summed E-state index contributed by atoms with van der Waals surface area (Å²) in [5.74, 6) is 0.164. The predicted octanol–water partition coefficient (Wildman–Crippen LogP) is 7.72. The van der Waals surface area contributed by atoms with E-state index in [1.165, 1.54) is 41.8 Å². The Morgan fingerprint density at radius 3 is 2.38 bits per heavy atom. The number of nitrogens with one attached hydrogen (secondary N) is 2. The summed E-state index contributed by atoms with van der Waals surface area (Å²) in [6, 6.07) is 28.7. The highest BCUT2D eigenvalue weighted by Crippen LogP contribution is 2.37. The van der Waals surface area contributed by atoms with Crippen molar-refractivity contribution in [1.82, 2.24) is 15.6 Å². The lowest BCUT2D eigenvalue weighted by Crippen LogP contribution is -2.52. The van der Waals surface area contributed by atoms with E-state index in [0.717, 1.165) is 35.3 Å². The Kier molecular flexibility index (Phi) is 11.8. The van der Waals surface area contributed by atoms with Crippen LogP contribution >= 0.6 is 11.6 Å². The van der Waals surface area contributed by atoms with Gasteiger partial charge in [0, 0.05) is 42.7 Å². The van der Waals surface area contributed by atoms with Gasteiger partial charge in [-0.3, -0.25) is 15.1 Å². The summed E-state index contributed by atoms with van der Waals surface area (Å²) in [7, 11) is 0. The number of pyridine rings is 1. The standard InChI is InChI=1S/C43H43ClN4O5/c1-27-34(6-4-8-37(27)38-9-5-7-36(28(38)2)32-12-10-31(11-13-32)33-14-15-46-22-33)25-53-41-18-40(52-24-30-16-29(19-45)20-47-21-30)35(17-39(41)44)23-48-43(3,26-49)42(50)51/h4-13,16-18,20-21,33,46,48-49H,14-15,22-26H2,1-3H3,(H,50,51). The largest absolute Gasteiger partial charge is 0.488 e. The first-order chi connectivity index (χ1) is 25.6. The number of nitrogens with zero attached hydrogens (tertiary/aromatic N) is 2. The number of hydrogen-bond acceptors (Lipinski definition) is 8. The maximum atomic E-state index is 11.8. The van der Waals surface area contributed by atoms with Crippen LogP contribution in [0.3, 0.4) is 0 Å². The van der Waals surface area contributed by atoms with Gasteiger partial charge < -0.3 is 25.0 Å². The molecule has 2 atom stereocenters. The number of rotatable bonds is 14. The van der Waals surface area contributed by atoms with Crippen LogP contribution in [0.15, 0.2) is 91.3 Å². The molecule has 2 heterocycles. The molecular formula is C43H43ClN4O5. The van der Waals surface area contributed by atoms with Crippen molar-refractivity contribution in [2.75, 3.05) is 19.7 Å². The molecule has 6 rings (SSSR count). The number of aliphatic hydroxyl groups is 1. The van der Waals surface area contributed by atoms with Crippen molar-refractivity contribution >= 4 is 17.6 Å². The zero-order valence-corrected chi connectivity index (χ0v) is 30.8. The van der Waals surface area contributed by atoms with E-state index in [9.17, 15) is 20.3 Å². The van der Waals surface area contributed by atoms with Crippen LogP contribution in [0.25, 0.3) is 22.3 Å². The fourth-order valence-electron chi connectivity index (χ4n) is 6.64. The minimum Gasteiger partial charge on any atom is -0.488 e. The van der Waals surface area contributed by atoms with E-state index in [2.05, 4.69) is 84.1 Å². The quantitative estimate of drug-likeness (QED) is 0.0906. The minimum absolute atomic E-state index is 0.0386. The summed E-state index contributed by atoms with van der Waals surface area (Å²) in [6.07, 6.45) is 4.25. The second-order valence-electron chi connectivity index (χ2n) is 13.7. The predicted molar refractivity (Wildman–Crippen MR) is 206 cm³/mol. The fourth-order valence-corrected chi connectivity index (χ4v) is 6.88. The molecule has 1 aliphatic rings. The van der Waals surface area contributed by atoms with Gasteiger partial charge >= 0.3 is 5.97 Å². The molecule has 1 saturated heterocycles. The molecule has 53 heavy (non-hydrogen) atoms. The van der Waals surface area contributed by atoms with Crippen LogP contribution < -0.4 is 20.1 Å². The Morgan fingerprint density at radius 1 is 0.962 bits per heavy atom. The Hall–Kier alpha value is -5.24. The van der Waals surface area contributed by atoms with Gasteiger partial charge in [-0.25, -0.2) is 0 Å². The number of carboxylic acids is 1. The number of aliphatic carboxylic acids is 1. The molecule has 0 amide bonds. The average Bonchev–Trinajstić information content (AvgIpc) is 3.72. The molecule has 10 heteroatoms. The third-order valence-electron chi connectivity index (χ3n) is 10.1. The summed E-state index contributed by atoms with van der Waals surface area (Å²) in [5.41, 5.74) is 9.39. The van der Waals surface area contributed by atoms with Crippen LogP contribution in [0.5, 0.6) is 11.5 Å². The number of ether oxygens (including phenoxy) is 2. The van der Waals surface area contributed by atoms with Crippen molar-refractivity contribution < 1.29 is 24.5 Å². The molecule has 4 aromatic carbocycles. The van der Waals surface area contributed by atoms with Gasteiger partial charge in [0.25, 0.3) is 0 Å². The molecule has 1 fully saturated rings. The van der Waals surface area contributed by atoms with Crippen molar-refractivity contribution in [1.29, 1.82) is 5.26 Å². The Labute approximate surface area is 315 Å². The summed E-state index contributed by atoms with van der Waals surface area (Å²) in [5, 5.41) is 35.4. The number of nitriles is 1. The van der Waals surface area contributed by atoms with E-state index >= 15 is 0 Å². The van der Waals surface area contributed by atoms with Gasteiger partial charge in [0.05, 0.1) is 17.2 Å². The molecule has 0 spiro atoms. The number of aromatic nitrogens is 1. The number of carboxylic acid groups (broad SMARTS) is 1. The topological polar surface area (TPSA) is 137 Å². The average molecular weight is 731 g/mol. The number of benzene rings is 4. The second-order valence-corrected chi connectivity index (χ2v) is 14.1. The van der Waals surface area contributed by atoms with Crippen molar-refractivity contribution in [2.45, 2.75) is 58.4 Å². The van der Waals surface area contributed by atoms with E-state index in [1.54, 1.807) is 24.4 Å². The number of aliphatic hydroxyl groups excluding tert-OH is 1. The summed E-state index contributed by atoms with van der Waals surface area (Å²) >= 11 is 6.76. The Balaban J connectivity index is 1.24. The molecule has 4 N–H and O–H groups in total. The van der Waals surface area contributed by atoms with Crippen molar-refractivity contribution in [3.63, 3.8) is 0 Å². The second kappa shape index (κ2) is 16.6. The smallest absolute Gasteiger partial charge is 0.326 e. The van der Waals surface area contributed by atoms with Crippen LogP contribution in [-0.4, -0.2) is 46.4 Å². The third-order valence-corrected chi connectivity index (χ3v) is 10.4. The molecule has 0 radical (unpaired) electrons. The van der Waals surface area contributed by atoms with Crippen LogP contribution in [-0.2, 0) is 24.6 Å². The first kappa shape index (κ1) is 37.5. The summed E-state index contributed by atoms with van der Waals surface area (Å²) in [6.45, 7) is 7.53. The lowest BCUT2D eigenvalue weighted by molar-refractivity contribution is -0.145. The maximum absolute atomic E-state index is 11.8. The van der Waals surface area contributed by atoms with Gasteiger partial charge in [0.15, 0.2) is 0 Å². The van der Waals surface area contributed by atoms with Crippen LogP contribution in [0.1, 0.15) is 58.2 Å². The molecule has 1 aliphatic heterocycles. The monoisotopic (exact) mass is 730 g/mol. The third kappa shape index (κ3) is 8.54. The van der Waals surface area contributed by atoms with Crippen LogP contribution in [0.2, 0.25) is 5.02 Å². The van der Waals surface area contributed by atoms with E-state index in [0.29, 0.717) is 39.1 Å². The lowest BCUT2D eigenvalue weighted by atomic mass is 9.89. The van der Waals surface area contributed by atoms with Crippen LogP contribution in [0, 0.1) is 25.2 Å². The first-order valence-electron chi connectivity index (χ1n) is 17.6. The van der Waals surface area contributed by atoms with E-state index in [1.807, 2.05) is 12.1 Å². The number of hydrogen-bond donors (Lipinski definition) is 4. The highest BCUT2D eigenvalue weighted by atomic mass is 35.5. The van der Waals surface area contributed by atoms with Crippen molar-refractivity contribution in [3.05, 3.63) is 135 Å². The van der Waals surface area contributed by atoms with Crippen molar-refractivity contribution in [3.8, 4) is 39.8 Å². The molecule has 2 unspecified atom stereocenters. The minimum atomic E-state index is -1.58. The normalized spacial score (nSPS) is 15.1. The van der Waals surface area contributed by atoms with E-state index < -0.39 is 18.1 Å². The molecule has 5 aromatic rings. The Bertz CT molecular complexity index is 2140. The van der Waals surface area contributed by atoms with Crippen LogP contribution in [0.4, 0.5) is 0 Å². The number of halogens is 1. The summed E-state index contributed by atoms with van der Waals surface area (Å²) in [4.78, 5) is 15.9. The molecule has 0 saturated carbocycles. The Morgan fingerprint density at radius 2 is 1.68 bits per heavy atom. The molecule has 0 bridgehead atoms. The van der Waals surface area contributed by atoms with Gasteiger partial charge in [0.1, 0.15) is 36.3 Å². The van der Waals surface area contributed by atoms with Gasteiger partial charge in [0.2, 0.25) is 0 Å². The molecular weight excluding hydrogens is 688 g/mol. The lowest BCUT2D eigenvalue weighted by Gasteiger charge is -2.25. The van der Waals surface area contributed by atoms with Gasteiger partial charge in [-0.15, -0.1) is 0 Å². The zero-order chi connectivity index (χ0) is 37.5. The van der Waals surface area contributed by atoms with Gasteiger partial charge in [-0.2, -0.15) is 5.26 Å². The first-order valence-corrected chi connectivity index (χ1v) is 18.0. The van der Waals surface area contributed by atoms with Gasteiger partial charge in [-0.05, 0) is 96.3 Å². The highest BCUT2D eigenvalue weighted by molar-refractivity contribution is 6.32. The van der Waals surface area contributed by atoms with E-state index in [-0.39, 0.29) is 19.8 Å². The number of carbonyl (C=O) groups is 1. The SMILES string of the molecule is Cc1c(COc2cc(OCc3cncc(C#N)c3)c(CNC(C)(CO)C(=O)O)cc2Cl)cccc1-c1cccc(-c2ccc(C3CCNC3)cc2)c1C. The highest BCUT2D eigenvalue weighted by Gasteiger charge is 2.32. The molecule has 9 nitrogen and oxygen atoms in total.